The van der Waals surface area contributed by atoms with Gasteiger partial charge in [-0.1, -0.05) is 32.6 Å². The van der Waals surface area contributed by atoms with Crippen molar-refractivity contribution in [1.82, 2.24) is 4.57 Å². The Kier molecular flexibility index (Phi) is 11.9. The predicted molar refractivity (Wildman–Crippen MR) is 101 cm³/mol. The van der Waals surface area contributed by atoms with Crippen LogP contribution in [-0.2, 0) is 8.85 Å². The standard InChI is InChI=1S/C18H38N2O2Si/c1-4-7-8-9-10-11-14-19-15-17-20-16-12-13-18-23(20,21-5-2)22-6-3/h14H,4-13,15-18H2,1-3H3. The molecule has 0 amide bonds. The van der Waals surface area contributed by atoms with Crippen molar-refractivity contribution < 1.29 is 8.85 Å². The zero-order chi connectivity index (χ0) is 16.8. The van der Waals surface area contributed by atoms with Crippen LogP contribution >= 0.6 is 0 Å². The van der Waals surface area contributed by atoms with Gasteiger partial charge in [0.2, 0.25) is 0 Å². The first-order valence-corrected chi connectivity index (χ1v) is 11.8. The van der Waals surface area contributed by atoms with Crippen LogP contribution in [0.25, 0.3) is 0 Å². The second-order valence-electron chi connectivity index (χ2n) is 6.31. The summed E-state index contributed by atoms with van der Waals surface area (Å²) >= 11 is 0. The molecule has 0 atom stereocenters. The number of rotatable bonds is 13. The quantitative estimate of drug-likeness (QED) is 0.280. The van der Waals surface area contributed by atoms with Crippen LogP contribution in [0.1, 0.15) is 72.1 Å². The van der Waals surface area contributed by atoms with Gasteiger partial charge >= 0.3 is 8.72 Å². The molecule has 0 unspecified atom stereocenters. The van der Waals surface area contributed by atoms with E-state index in [1.807, 2.05) is 0 Å². The minimum Gasteiger partial charge on any atom is -0.383 e. The molecule has 0 N–H and O–H groups in total. The molecule has 0 aromatic heterocycles. The highest BCUT2D eigenvalue weighted by atomic mass is 28.4. The van der Waals surface area contributed by atoms with E-state index in [4.69, 9.17) is 8.85 Å². The number of hydrogen-bond donors (Lipinski definition) is 0. The van der Waals surface area contributed by atoms with Crippen molar-refractivity contribution in [2.45, 2.75) is 78.2 Å². The molecule has 136 valence electrons. The zero-order valence-corrected chi connectivity index (χ0v) is 16.7. The van der Waals surface area contributed by atoms with Gasteiger partial charge in [-0.25, -0.2) is 0 Å². The zero-order valence-electron chi connectivity index (χ0n) is 15.7. The Hall–Kier alpha value is -0.233. The van der Waals surface area contributed by atoms with Crippen molar-refractivity contribution in [3.8, 4) is 0 Å². The van der Waals surface area contributed by atoms with Gasteiger partial charge in [0.05, 0.1) is 6.54 Å². The van der Waals surface area contributed by atoms with Crippen molar-refractivity contribution in [3.05, 3.63) is 0 Å². The highest BCUT2D eigenvalue weighted by Crippen LogP contribution is 2.27. The van der Waals surface area contributed by atoms with Crippen LogP contribution in [0.2, 0.25) is 6.04 Å². The smallest absolute Gasteiger partial charge is 0.383 e. The van der Waals surface area contributed by atoms with Gasteiger partial charge in [0, 0.05) is 25.8 Å². The summed E-state index contributed by atoms with van der Waals surface area (Å²) < 4.78 is 14.8. The summed E-state index contributed by atoms with van der Waals surface area (Å²) in [5, 5.41) is 0. The van der Waals surface area contributed by atoms with E-state index in [0.717, 1.165) is 45.3 Å². The number of unbranched alkanes of at least 4 members (excludes halogenated alkanes) is 5. The van der Waals surface area contributed by atoms with E-state index in [0.29, 0.717) is 0 Å². The van der Waals surface area contributed by atoms with Crippen LogP contribution in [0.5, 0.6) is 0 Å². The second kappa shape index (κ2) is 13.1. The van der Waals surface area contributed by atoms with Gasteiger partial charge in [0.25, 0.3) is 0 Å². The summed E-state index contributed by atoms with van der Waals surface area (Å²) in [4.78, 5) is 4.61. The molecule has 23 heavy (non-hydrogen) atoms. The third kappa shape index (κ3) is 7.92. The lowest BCUT2D eigenvalue weighted by Crippen LogP contribution is -2.61. The van der Waals surface area contributed by atoms with Crippen LogP contribution in [0.3, 0.4) is 0 Å². The SMILES string of the molecule is CCCCCCCC=NCCN1CCCC[Si]1(OCC)OCC. The van der Waals surface area contributed by atoms with Gasteiger partial charge in [-0.05, 0) is 52.3 Å². The van der Waals surface area contributed by atoms with Gasteiger partial charge in [-0.15, -0.1) is 0 Å². The first kappa shape index (κ1) is 20.8. The summed E-state index contributed by atoms with van der Waals surface area (Å²) in [7, 11) is -2.14. The topological polar surface area (TPSA) is 34.1 Å². The molecule has 1 heterocycles. The molecule has 1 saturated heterocycles. The molecule has 0 aliphatic carbocycles. The molecule has 0 saturated carbocycles. The Morgan fingerprint density at radius 1 is 1.00 bits per heavy atom. The van der Waals surface area contributed by atoms with E-state index in [-0.39, 0.29) is 0 Å². The molecule has 1 aliphatic heterocycles. The summed E-state index contributed by atoms with van der Waals surface area (Å²) in [6.45, 7) is 10.9. The molecule has 5 heteroatoms. The van der Waals surface area contributed by atoms with E-state index >= 15 is 0 Å². The average Bonchev–Trinajstić information content (AvgIpc) is 2.55. The maximum Gasteiger partial charge on any atom is 0.427 e. The monoisotopic (exact) mass is 342 g/mol. The van der Waals surface area contributed by atoms with Crippen LogP contribution in [-0.4, -0.2) is 52.4 Å². The second-order valence-corrected chi connectivity index (χ2v) is 9.45. The summed E-state index contributed by atoms with van der Waals surface area (Å²) in [5.41, 5.74) is 0. The molecule has 0 radical (unpaired) electrons. The normalized spacial score (nSPS) is 18.7. The minimum atomic E-state index is -2.14. The number of aliphatic imine (C=N–C) groups is 1. The maximum atomic E-state index is 6.15. The fourth-order valence-electron chi connectivity index (χ4n) is 3.28. The minimum absolute atomic E-state index is 0.754. The van der Waals surface area contributed by atoms with Gasteiger partial charge in [0.1, 0.15) is 0 Å². The third-order valence-corrected chi connectivity index (χ3v) is 8.33. The van der Waals surface area contributed by atoms with Crippen molar-refractivity contribution in [2.75, 3.05) is 32.8 Å². The molecule has 0 bridgehead atoms. The first-order chi connectivity index (χ1) is 11.3. The fraction of sp³-hybridized carbons (Fsp3) is 0.944. The van der Waals surface area contributed by atoms with Crippen LogP contribution in [0, 0.1) is 0 Å². The molecular weight excluding hydrogens is 304 g/mol. The van der Waals surface area contributed by atoms with Gasteiger partial charge < -0.3 is 8.85 Å². The van der Waals surface area contributed by atoms with Crippen molar-refractivity contribution >= 4 is 14.9 Å². The van der Waals surface area contributed by atoms with Gasteiger partial charge in [-0.3, -0.25) is 9.56 Å². The Bertz CT molecular complexity index is 302. The van der Waals surface area contributed by atoms with Crippen molar-refractivity contribution in [3.63, 3.8) is 0 Å². The van der Waals surface area contributed by atoms with E-state index < -0.39 is 8.72 Å². The third-order valence-electron chi connectivity index (χ3n) is 4.46. The van der Waals surface area contributed by atoms with Crippen molar-refractivity contribution in [1.29, 1.82) is 0 Å². The average molecular weight is 343 g/mol. The largest absolute Gasteiger partial charge is 0.427 e. The molecule has 0 aromatic rings. The number of nitrogens with zero attached hydrogens (tertiary/aromatic N) is 2. The summed E-state index contributed by atoms with van der Waals surface area (Å²) in [6.07, 6.45) is 12.4. The fourth-order valence-corrected chi connectivity index (χ4v) is 6.87. The lowest BCUT2D eigenvalue weighted by atomic mass is 10.1. The van der Waals surface area contributed by atoms with Crippen LogP contribution < -0.4 is 0 Å². The van der Waals surface area contributed by atoms with Crippen LogP contribution in [0.4, 0.5) is 0 Å². The summed E-state index contributed by atoms with van der Waals surface area (Å²) in [6, 6.07) is 1.11. The Labute approximate surface area is 145 Å². The Balaban J connectivity index is 2.29. The number of hydrogen-bond acceptors (Lipinski definition) is 4. The van der Waals surface area contributed by atoms with E-state index in [1.54, 1.807) is 0 Å². The lowest BCUT2D eigenvalue weighted by Gasteiger charge is -2.42. The lowest BCUT2D eigenvalue weighted by molar-refractivity contribution is 0.110. The maximum absolute atomic E-state index is 6.15. The van der Waals surface area contributed by atoms with E-state index in [1.165, 1.54) is 44.9 Å². The van der Waals surface area contributed by atoms with Gasteiger partial charge in [0.15, 0.2) is 0 Å². The molecule has 0 spiro atoms. The van der Waals surface area contributed by atoms with Crippen molar-refractivity contribution in [2.24, 2.45) is 4.99 Å². The molecule has 1 fully saturated rings. The highest BCUT2D eigenvalue weighted by molar-refractivity contribution is 6.64. The molecule has 0 aromatic carbocycles. The summed E-state index contributed by atoms with van der Waals surface area (Å²) in [5.74, 6) is 0. The first-order valence-electron chi connectivity index (χ1n) is 9.80. The Morgan fingerprint density at radius 3 is 2.43 bits per heavy atom. The van der Waals surface area contributed by atoms with Gasteiger partial charge in [-0.2, -0.15) is 0 Å². The predicted octanol–water partition coefficient (Wildman–Crippen LogP) is 4.53. The Morgan fingerprint density at radius 2 is 1.74 bits per heavy atom. The van der Waals surface area contributed by atoms with E-state index in [9.17, 15) is 0 Å². The molecule has 1 rings (SSSR count). The van der Waals surface area contributed by atoms with Crippen LogP contribution in [0.15, 0.2) is 4.99 Å². The molecule has 4 nitrogen and oxygen atoms in total. The molecule has 1 aliphatic rings. The molecular formula is C18H38N2O2Si. The van der Waals surface area contributed by atoms with E-state index in [2.05, 4.69) is 36.5 Å². The highest BCUT2D eigenvalue weighted by Gasteiger charge is 2.46.